The third-order valence-electron chi connectivity index (χ3n) is 3.80. The minimum Gasteiger partial charge on any atom is -0.367 e. The van der Waals surface area contributed by atoms with Gasteiger partial charge in [0.2, 0.25) is 0 Å². The Hall–Kier alpha value is -1.35. The lowest BCUT2D eigenvalue weighted by Crippen LogP contribution is -2.37. The van der Waals surface area contributed by atoms with Gasteiger partial charge in [-0.2, -0.15) is 0 Å². The Balaban J connectivity index is 2.65. The Bertz CT molecular complexity index is 393. The summed E-state index contributed by atoms with van der Waals surface area (Å²) in [5.74, 6) is 1.51. The van der Waals surface area contributed by atoms with Crippen LogP contribution >= 0.6 is 0 Å². The van der Waals surface area contributed by atoms with Gasteiger partial charge in [-0.15, -0.1) is 0 Å². The lowest BCUT2D eigenvalue weighted by molar-refractivity contribution is -0.131. The molecule has 0 fully saturated rings. The predicted molar refractivity (Wildman–Crippen MR) is 82.4 cm³/mol. The summed E-state index contributed by atoms with van der Waals surface area (Å²) in [5.41, 5.74) is 0.887. The van der Waals surface area contributed by atoms with E-state index in [0.717, 1.165) is 5.56 Å². The molecule has 3 nitrogen and oxygen atoms in total. The highest BCUT2D eigenvalue weighted by Gasteiger charge is 2.23. The largest absolute Gasteiger partial charge is 0.367 e. The molecule has 1 atom stereocenters. The van der Waals surface area contributed by atoms with Crippen LogP contribution in [0.3, 0.4) is 0 Å². The quantitative estimate of drug-likeness (QED) is 0.829. The van der Waals surface area contributed by atoms with Crippen molar-refractivity contribution in [3.63, 3.8) is 0 Å². The standard InChI is InChI=1S/C17H27NO2/c1-12(2)15(13(3)4)11-18-17(19)16(20-5)14-9-7-6-8-10-14/h6-10,12-13,15-16H,11H2,1-5H3,(H,18,19). The number of rotatable bonds is 7. The van der Waals surface area contributed by atoms with Crippen molar-refractivity contribution in [2.24, 2.45) is 17.8 Å². The third-order valence-corrected chi connectivity index (χ3v) is 3.80. The Kier molecular flexibility index (Phi) is 6.73. The maximum Gasteiger partial charge on any atom is 0.253 e. The average Bonchev–Trinajstić information content (AvgIpc) is 2.40. The minimum atomic E-state index is -0.531. The number of carbonyl (C=O) groups excluding carboxylic acids is 1. The third kappa shape index (κ3) is 4.64. The molecule has 1 amide bonds. The molecule has 3 heteroatoms. The van der Waals surface area contributed by atoms with Crippen LogP contribution in [0.1, 0.15) is 39.4 Å². The zero-order valence-electron chi connectivity index (χ0n) is 13.2. The van der Waals surface area contributed by atoms with Crippen molar-refractivity contribution in [2.75, 3.05) is 13.7 Å². The molecule has 1 unspecified atom stereocenters. The van der Waals surface area contributed by atoms with E-state index in [1.165, 1.54) is 0 Å². The normalized spacial score (nSPS) is 13.0. The summed E-state index contributed by atoms with van der Waals surface area (Å²) in [7, 11) is 1.57. The SMILES string of the molecule is COC(C(=O)NCC(C(C)C)C(C)C)c1ccccc1. The highest BCUT2D eigenvalue weighted by atomic mass is 16.5. The van der Waals surface area contributed by atoms with E-state index >= 15 is 0 Å². The molecule has 1 rings (SSSR count). The van der Waals surface area contributed by atoms with Crippen LogP contribution < -0.4 is 5.32 Å². The van der Waals surface area contributed by atoms with Gasteiger partial charge in [-0.25, -0.2) is 0 Å². The summed E-state index contributed by atoms with van der Waals surface area (Å²) in [6, 6.07) is 9.59. The molecule has 0 saturated carbocycles. The second-order valence-corrected chi connectivity index (χ2v) is 5.92. The second kappa shape index (κ2) is 8.05. The number of methoxy groups -OCH3 is 1. The van der Waals surface area contributed by atoms with Crippen LogP contribution in [0, 0.1) is 17.8 Å². The van der Waals surface area contributed by atoms with Gasteiger partial charge >= 0.3 is 0 Å². The van der Waals surface area contributed by atoms with Crippen molar-refractivity contribution in [1.82, 2.24) is 5.32 Å². The molecule has 0 aliphatic heterocycles. The Morgan fingerprint density at radius 3 is 2.10 bits per heavy atom. The first-order valence-electron chi connectivity index (χ1n) is 7.32. The predicted octanol–water partition coefficient (Wildman–Crippen LogP) is 3.42. The lowest BCUT2D eigenvalue weighted by Gasteiger charge is -2.26. The van der Waals surface area contributed by atoms with Crippen molar-refractivity contribution in [3.8, 4) is 0 Å². The molecular formula is C17H27NO2. The van der Waals surface area contributed by atoms with Crippen LogP contribution in [0.2, 0.25) is 0 Å². The molecule has 1 aromatic carbocycles. The first-order valence-corrected chi connectivity index (χ1v) is 7.32. The lowest BCUT2D eigenvalue weighted by atomic mass is 9.85. The molecule has 0 heterocycles. The molecular weight excluding hydrogens is 250 g/mol. The fourth-order valence-electron chi connectivity index (χ4n) is 2.57. The maximum absolute atomic E-state index is 12.3. The average molecular weight is 277 g/mol. The zero-order chi connectivity index (χ0) is 15.1. The number of benzene rings is 1. The molecule has 0 bridgehead atoms. The van der Waals surface area contributed by atoms with Crippen molar-refractivity contribution in [2.45, 2.75) is 33.8 Å². The van der Waals surface area contributed by atoms with Crippen molar-refractivity contribution < 1.29 is 9.53 Å². The van der Waals surface area contributed by atoms with E-state index in [1.54, 1.807) is 7.11 Å². The monoisotopic (exact) mass is 277 g/mol. The summed E-state index contributed by atoms with van der Waals surface area (Å²) in [4.78, 5) is 12.3. The number of hydrogen-bond donors (Lipinski definition) is 1. The van der Waals surface area contributed by atoms with Gasteiger partial charge in [-0.05, 0) is 23.3 Å². The molecule has 0 radical (unpaired) electrons. The highest BCUT2D eigenvalue weighted by Crippen LogP contribution is 2.21. The topological polar surface area (TPSA) is 38.3 Å². The van der Waals surface area contributed by atoms with Crippen LogP contribution in [0.4, 0.5) is 0 Å². The van der Waals surface area contributed by atoms with Gasteiger partial charge in [0, 0.05) is 13.7 Å². The van der Waals surface area contributed by atoms with Gasteiger partial charge in [0.25, 0.3) is 5.91 Å². The highest BCUT2D eigenvalue weighted by molar-refractivity contribution is 5.82. The first kappa shape index (κ1) is 16.7. The molecule has 20 heavy (non-hydrogen) atoms. The number of carbonyl (C=O) groups is 1. The number of ether oxygens (including phenoxy) is 1. The van der Waals surface area contributed by atoms with E-state index in [1.807, 2.05) is 30.3 Å². The van der Waals surface area contributed by atoms with E-state index in [4.69, 9.17) is 4.74 Å². The van der Waals surface area contributed by atoms with Gasteiger partial charge in [-0.1, -0.05) is 58.0 Å². The molecule has 0 saturated heterocycles. The fraction of sp³-hybridized carbons (Fsp3) is 0.588. The van der Waals surface area contributed by atoms with Gasteiger partial charge < -0.3 is 10.1 Å². The van der Waals surface area contributed by atoms with E-state index in [9.17, 15) is 4.79 Å². The van der Waals surface area contributed by atoms with Crippen LogP contribution in [-0.2, 0) is 9.53 Å². The molecule has 0 aliphatic carbocycles. The zero-order valence-corrected chi connectivity index (χ0v) is 13.2. The van der Waals surface area contributed by atoms with Gasteiger partial charge in [0.15, 0.2) is 6.10 Å². The van der Waals surface area contributed by atoms with Gasteiger partial charge in [-0.3, -0.25) is 4.79 Å². The smallest absolute Gasteiger partial charge is 0.253 e. The maximum atomic E-state index is 12.3. The fourth-order valence-corrected chi connectivity index (χ4v) is 2.57. The van der Waals surface area contributed by atoms with Gasteiger partial charge in [0.1, 0.15) is 0 Å². The molecule has 1 N–H and O–H groups in total. The van der Waals surface area contributed by atoms with Crippen molar-refractivity contribution in [3.05, 3.63) is 35.9 Å². The Labute approximate surface area is 122 Å². The molecule has 1 aromatic rings. The van der Waals surface area contributed by atoms with E-state index in [0.29, 0.717) is 24.3 Å². The molecule has 112 valence electrons. The molecule has 0 spiro atoms. The van der Waals surface area contributed by atoms with Crippen molar-refractivity contribution >= 4 is 5.91 Å². The summed E-state index contributed by atoms with van der Waals surface area (Å²) < 4.78 is 5.34. The minimum absolute atomic E-state index is 0.0648. The summed E-state index contributed by atoms with van der Waals surface area (Å²) in [6.45, 7) is 9.48. The number of nitrogens with one attached hydrogen (secondary N) is 1. The molecule has 0 aromatic heterocycles. The van der Waals surface area contributed by atoms with Crippen LogP contribution in [0.25, 0.3) is 0 Å². The van der Waals surface area contributed by atoms with Crippen molar-refractivity contribution in [1.29, 1.82) is 0 Å². The number of hydrogen-bond acceptors (Lipinski definition) is 2. The number of amides is 1. The Morgan fingerprint density at radius 1 is 1.10 bits per heavy atom. The first-order chi connectivity index (χ1) is 9.47. The Morgan fingerprint density at radius 2 is 1.65 bits per heavy atom. The van der Waals surface area contributed by atoms with Crippen LogP contribution in [0.15, 0.2) is 30.3 Å². The van der Waals surface area contributed by atoms with Crippen LogP contribution in [-0.4, -0.2) is 19.6 Å². The summed E-state index contributed by atoms with van der Waals surface area (Å²) in [6.07, 6.45) is -0.531. The van der Waals surface area contributed by atoms with E-state index in [-0.39, 0.29) is 5.91 Å². The van der Waals surface area contributed by atoms with E-state index < -0.39 is 6.10 Å². The summed E-state index contributed by atoms with van der Waals surface area (Å²) in [5, 5.41) is 3.03. The van der Waals surface area contributed by atoms with Gasteiger partial charge in [0.05, 0.1) is 0 Å². The second-order valence-electron chi connectivity index (χ2n) is 5.92. The molecule has 0 aliphatic rings. The summed E-state index contributed by atoms with van der Waals surface area (Å²) >= 11 is 0. The van der Waals surface area contributed by atoms with E-state index in [2.05, 4.69) is 33.0 Å². The van der Waals surface area contributed by atoms with Crippen LogP contribution in [0.5, 0.6) is 0 Å².